The Kier molecular flexibility index (Phi) is 21.2. The Morgan fingerprint density at radius 1 is 1.26 bits per heavy atom. The van der Waals surface area contributed by atoms with Gasteiger partial charge in [0.25, 0.3) is 0 Å². The van der Waals surface area contributed by atoms with Crippen molar-refractivity contribution in [2.24, 2.45) is 5.73 Å². The highest BCUT2D eigenvalue weighted by molar-refractivity contribution is 5.75. The summed E-state index contributed by atoms with van der Waals surface area (Å²) in [5.74, 6) is -0.322. The molecule has 3 N–H and O–H groups in total. The molecule has 0 heterocycles. The number of benzene rings is 1. The summed E-state index contributed by atoms with van der Waals surface area (Å²) in [5, 5.41) is 2.59. The van der Waals surface area contributed by atoms with Crippen molar-refractivity contribution in [3.8, 4) is 12.8 Å². The van der Waals surface area contributed by atoms with E-state index < -0.39 is 0 Å². The quantitative estimate of drug-likeness (QED) is 0.645. The first kappa shape index (κ1) is 22.1. The van der Waals surface area contributed by atoms with E-state index in [-0.39, 0.29) is 12.5 Å². The monoisotopic (exact) mass is 264 g/mol. The van der Waals surface area contributed by atoms with Gasteiger partial charge in [0.1, 0.15) is 6.29 Å². The topological polar surface area (TPSA) is 72.2 Å². The number of hydrogen-bond donors (Lipinski definition) is 2. The minimum atomic E-state index is -0.322. The van der Waals surface area contributed by atoms with Crippen molar-refractivity contribution in [2.75, 3.05) is 13.6 Å². The van der Waals surface area contributed by atoms with Gasteiger partial charge in [-0.15, -0.1) is 12.8 Å². The second kappa shape index (κ2) is 18.3. The van der Waals surface area contributed by atoms with E-state index in [1.54, 1.807) is 7.05 Å². The molecule has 1 amide bonds. The van der Waals surface area contributed by atoms with Crippen LogP contribution in [0.15, 0.2) is 24.3 Å². The Balaban J connectivity index is -0.000000224. The summed E-state index contributed by atoms with van der Waals surface area (Å²) in [6, 6.07) is 7.46. The lowest BCUT2D eigenvalue weighted by molar-refractivity contribution is -0.117. The number of aryl methyl sites for hydroxylation is 1. The van der Waals surface area contributed by atoms with Crippen molar-refractivity contribution < 1.29 is 9.59 Å². The number of amides is 1. The van der Waals surface area contributed by atoms with Crippen molar-refractivity contribution in [1.82, 2.24) is 5.32 Å². The van der Waals surface area contributed by atoms with Crippen molar-refractivity contribution in [2.45, 2.75) is 20.8 Å². The van der Waals surface area contributed by atoms with E-state index in [1.807, 2.05) is 45.0 Å². The predicted molar refractivity (Wildman–Crippen MR) is 80.9 cm³/mol. The molecule has 0 aliphatic heterocycles. The zero-order valence-corrected chi connectivity index (χ0v) is 12.1. The van der Waals surface area contributed by atoms with Gasteiger partial charge >= 0.3 is 0 Å². The van der Waals surface area contributed by atoms with Crippen molar-refractivity contribution in [1.29, 1.82) is 0 Å². The fourth-order valence-electron chi connectivity index (χ4n) is 0.819. The number of nitrogens with one attached hydrogen (secondary N) is 1. The van der Waals surface area contributed by atoms with E-state index in [1.165, 1.54) is 5.56 Å². The van der Waals surface area contributed by atoms with Crippen LogP contribution in [0.25, 0.3) is 0 Å². The van der Waals surface area contributed by atoms with Crippen LogP contribution < -0.4 is 11.1 Å². The van der Waals surface area contributed by atoms with E-state index in [0.717, 1.165) is 11.8 Å². The maximum atomic E-state index is 10.1. The zero-order chi connectivity index (χ0) is 15.7. The normalized spacial score (nSPS) is 7.26. The molecule has 0 saturated heterocycles. The molecular weight excluding hydrogens is 240 g/mol. The standard InChI is InChI=1S/C8H8O.C3H8N2O.C2H6.C2H2/c1-7-2-4-8(6-9)5-3-7;1-5-2-3(4)6;2*1-2/h2-6H,1H3;5H,2H2,1H3,(H2,4,6);1-2H3;1-2H. The minimum absolute atomic E-state index is 0.264. The number of hydrogen-bond acceptors (Lipinski definition) is 3. The van der Waals surface area contributed by atoms with Crippen LogP contribution in [-0.4, -0.2) is 25.8 Å². The number of carbonyl (C=O) groups is 2. The highest BCUT2D eigenvalue weighted by atomic mass is 16.1. The molecule has 1 aromatic rings. The third-order valence-electron chi connectivity index (χ3n) is 1.56. The van der Waals surface area contributed by atoms with Crippen LogP contribution in [0.2, 0.25) is 0 Å². The van der Waals surface area contributed by atoms with Gasteiger partial charge in [-0.3, -0.25) is 9.59 Å². The van der Waals surface area contributed by atoms with Crippen LogP contribution in [0.1, 0.15) is 29.8 Å². The van der Waals surface area contributed by atoms with Crippen molar-refractivity contribution >= 4 is 12.2 Å². The number of carbonyl (C=O) groups excluding carboxylic acids is 2. The van der Waals surface area contributed by atoms with Gasteiger partial charge < -0.3 is 11.1 Å². The van der Waals surface area contributed by atoms with Crippen LogP contribution in [0.5, 0.6) is 0 Å². The highest BCUT2D eigenvalue weighted by Crippen LogP contribution is 1.98. The van der Waals surface area contributed by atoms with Crippen molar-refractivity contribution in [3.63, 3.8) is 0 Å². The number of nitrogens with two attached hydrogens (primary N) is 1. The molecule has 0 aromatic heterocycles. The molecule has 0 atom stereocenters. The van der Waals surface area contributed by atoms with E-state index in [4.69, 9.17) is 5.73 Å². The number of primary amides is 1. The van der Waals surface area contributed by atoms with Crippen LogP contribution >= 0.6 is 0 Å². The summed E-state index contributed by atoms with van der Waals surface area (Å²) in [6.45, 7) is 6.26. The molecule has 4 nitrogen and oxygen atoms in total. The Labute approximate surface area is 116 Å². The maximum absolute atomic E-state index is 10.1. The maximum Gasteiger partial charge on any atom is 0.231 e. The van der Waals surface area contributed by atoms with Gasteiger partial charge in [-0.05, 0) is 14.0 Å². The third kappa shape index (κ3) is 18.4. The number of aldehydes is 1. The molecule has 19 heavy (non-hydrogen) atoms. The first-order valence-electron chi connectivity index (χ1n) is 5.88. The summed E-state index contributed by atoms with van der Waals surface area (Å²) in [4.78, 5) is 19.9. The number of rotatable bonds is 3. The van der Waals surface area contributed by atoms with Crippen LogP contribution in [0.4, 0.5) is 0 Å². The zero-order valence-electron chi connectivity index (χ0n) is 12.1. The Hall–Kier alpha value is -2.12. The summed E-state index contributed by atoms with van der Waals surface area (Å²) in [5.41, 5.74) is 6.62. The van der Waals surface area contributed by atoms with E-state index in [0.29, 0.717) is 0 Å². The Morgan fingerprint density at radius 2 is 1.68 bits per heavy atom. The average molecular weight is 264 g/mol. The van der Waals surface area contributed by atoms with Crippen LogP contribution in [0, 0.1) is 19.8 Å². The highest BCUT2D eigenvalue weighted by Gasteiger charge is 1.85. The van der Waals surface area contributed by atoms with Crippen LogP contribution in [0.3, 0.4) is 0 Å². The molecule has 4 heteroatoms. The molecule has 106 valence electrons. The molecule has 0 fully saturated rings. The Morgan fingerprint density at radius 3 is 1.89 bits per heavy atom. The van der Waals surface area contributed by atoms with Crippen LogP contribution in [-0.2, 0) is 4.79 Å². The van der Waals surface area contributed by atoms with Gasteiger partial charge in [0.15, 0.2) is 0 Å². The molecule has 0 aliphatic rings. The van der Waals surface area contributed by atoms with Gasteiger partial charge in [-0.25, -0.2) is 0 Å². The molecule has 0 spiro atoms. The second-order valence-electron chi connectivity index (χ2n) is 3.03. The molecule has 0 saturated carbocycles. The minimum Gasteiger partial charge on any atom is -0.369 e. The third-order valence-corrected chi connectivity index (χ3v) is 1.56. The SMILES string of the molecule is C#C.CC.CNCC(N)=O.Cc1ccc(C=O)cc1. The fraction of sp³-hybridized carbons (Fsp3) is 0.333. The number of likely N-dealkylation sites (N-methyl/N-ethyl adjacent to an activating group) is 1. The smallest absolute Gasteiger partial charge is 0.231 e. The molecule has 1 rings (SSSR count). The molecule has 0 aliphatic carbocycles. The summed E-state index contributed by atoms with van der Waals surface area (Å²) in [6.07, 6.45) is 8.85. The van der Waals surface area contributed by atoms with Gasteiger partial charge in [-0.2, -0.15) is 0 Å². The lowest BCUT2D eigenvalue weighted by atomic mass is 10.2. The lowest BCUT2D eigenvalue weighted by Crippen LogP contribution is -2.25. The van der Waals surface area contributed by atoms with E-state index >= 15 is 0 Å². The first-order valence-corrected chi connectivity index (χ1v) is 5.88. The molecule has 0 unspecified atom stereocenters. The largest absolute Gasteiger partial charge is 0.369 e. The van der Waals surface area contributed by atoms with Gasteiger partial charge in [0, 0.05) is 5.56 Å². The van der Waals surface area contributed by atoms with E-state index in [2.05, 4.69) is 18.2 Å². The average Bonchev–Trinajstić information content (AvgIpc) is 2.45. The summed E-state index contributed by atoms with van der Waals surface area (Å²) < 4.78 is 0. The second-order valence-corrected chi connectivity index (χ2v) is 3.03. The van der Waals surface area contributed by atoms with Crippen molar-refractivity contribution in [3.05, 3.63) is 35.4 Å². The van der Waals surface area contributed by atoms with Gasteiger partial charge in [0.2, 0.25) is 5.91 Å². The molecular formula is C15H24N2O2. The lowest BCUT2D eigenvalue weighted by Gasteiger charge is -1.89. The predicted octanol–water partition coefficient (Wildman–Crippen LogP) is 1.77. The summed E-state index contributed by atoms with van der Waals surface area (Å²) in [7, 11) is 1.67. The summed E-state index contributed by atoms with van der Waals surface area (Å²) >= 11 is 0. The van der Waals surface area contributed by atoms with Gasteiger partial charge in [0.05, 0.1) is 6.54 Å². The number of terminal acetylenes is 1. The fourth-order valence-corrected chi connectivity index (χ4v) is 0.819. The molecule has 0 bridgehead atoms. The van der Waals surface area contributed by atoms with E-state index in [9.17, 15) is 9.59 Å². The molecule has 1 aromatic carbocycles. The molecule has 0 radical (unpaired) electrons. The Bertz CT molecular complexity index is 343. The first-order chi connectivity index (χ1) is 9.10. The van der Waals surface area contributed by atoms with Gasteiger partial charge in [-0.1, -0.05) is 43.7 Å².